The summed E-state index contributed by atoms with van der Waals surface area (Å²) in [5, 5.41) is 0. The van der Waals surface area contributed by atoms with Crippen LogP contribution < -0.4 is 0 Å². The summed E-state index contributed by atoms with van der Waals surface area (Å²) in [5.41, 5.74) is 3.75. The van der Waals surface area contributed by atoms with Crippen LogP contribution >= 0.6 is 15.9 Å². The molecule has 0 N–H and O–H groups in total. The molecule has 0 heterocycles. The molecule has 0 atom stereocenters. The first-order chi connectivity index (χ1) is 10.2. The maximum atomic E-state index is 3.52. The highest BCUT2D eigenvalue weighted by Crippen LogP contribution is 2.38. The molecule has 0 fully saturated rings. The van der Waals surface area contributed by atoms with Crippen molar-refractivity contribution in [3.8, 4) is 0 Å². The van der Waals surface area contributed by atoms with Gasteiger partial charge in [-0.15, -0.1) is 0 Å². The predicted octanol–water partition coefficient (Wildman–Crippen LogP) is 5.80. The molecule has 0 amide bonds. The molecule has 21 heavy (non-hydrogen) atoms. The molecule has 0 aliphatic heterocycles. The molecule has 0 unspecified atom stereocenters. The van der Waals surface area contributed by atoms with Crippen molar-refractivity contribution in [1.82, 2.24) is 0 Å². The molecule has 0 aliphatic carbocycles. The largest absolute Gasteiger partial charge is 0.0622 e. The van der Waals surface area contributed by atoms with Crippen molar-refractivity contribution < 1.29 is 0 Å². The van der Waals surface area contributed by atoms with Crippen molar-refractivity contribution >= 4 is 15.9 Å². The van der Waals surface area contributed by atoms with Crippen molar-refractivity contribution in [2.45, 2.75) is 12.3 Å². The van der Waals surface area contributed by atoms with Crippen molar-refractivity contribution in [3.63, 3.8) is 0 Å². The predicted molar refractivity (Wildman–Crippen MR) is 92.6 cm³/mol. The normalized spacial score (nSPS) is 11.3. The Balaban J connectivity index is 2.23. The van der Waals surface area contributed by atoms with E-state index in [0.29, 0.717) is 0 Å². The highest BCUT2D eigenvalue weighted by molar-refractivity contribution is 9.10. The second-order valence-electron chi connectivity index (χ2n) is 5.36. The third kappa shape index (κ3) is 2.66. The number of benzene rings is 3. The van der Waals surface area contributed by atoms with Crippen LogP contribution in [0.2, 0.25) is 0 Å². The molecule has 0 bridgehead atoms. The zero-order valence-corrected chi connectivity index (χ0v) is 13.5. The van der Waals surface area contributed by atoms with Gasteiger partial charge in [0.25, 0.3) is 0 Å². The smallest absolute Gasteiger partial charge is 0.0423 e. The second kappa shape index (κ2) is 5.87. The first-order valence-electron chi connectivity index (χ1n) is 7.08. The van der Waals surface area contributed by atoms with Gasteiger partial charge < -0.3 is 0 Å². The van der Waals surface area contributed by atoms with E-state index in [2.05, 4.69) is 108 Å². The van der Waals surface area contributed by atoms with Crippen molar-refractivity contribution in [2.24, 2.45) is 0 Å². The zero-order valence-electron chi connectivity index (χ0n) is 12.0. The number of halogens is 1. The molecule has 104 valence electrons. The van der Waals surface area contributed by atoms with E-state index in [-0.39, 0.29) is 5.41 Å². The van der Waals surface area contributed by atoms with Gasteiger partial charge in [0.15, 0.2) is 0 Å². The Morgan fingerprint density at radius 2 is 0.952 bits per heavy atom. The minimum absolute atomic E-state index is 0.150. The van der Waals surface area contributed by atoms with E-state index in [1.807, 2.05) is 0 Å². The first-order valence-corrected chi connectivity index (χ1v) is 7.87. The summed E-state index contributed by atoms with van der Waals surface area (Å²) in [7, 11) is 0. The highest BCUT2D eigenvalue weighted by Gasteiger charge is 2.30. The van der Waals surface area contributed by atoms with Gasteiger partial charge in [-0.25, -0.2) is 0 Å². The Morgan fingerprint density at radius 3 is 1.38 bits per heavy atom. The molecule has 0 aliphatic rings. The first kappa shape index (κ1) is 14.1. The Morgan fingerprint density at radius 1 is 0.571 bits per heavy atom. The Hall–Kier alpha value is -1.86. The molecule has 3 aromatic rings. The van der Waals surface area contributed by atoms with Gasteiger partial charge in [0.1, 0.15) is 0 Å². The van der Waals surface area contributed by atoms with Gasteiger partial charge in [-0.1, -0.05) is 88.7 Å². The molecule has 0 saturated heterocycles. The van der Waals surface area contributed by atoms with Crippen LogP contribution in [0.3, 0.4) is 0 Å². The van der Waals surface area contributed by atoms with Crippen LogP contribution in [0, 0.1) is 0 Å². The minimum atomic E-state index is -0.150. The average molecular weight is 337 g/mol. The minimum Gasteiger partial charge on any atom is -0.0622 e. The molecule has 3 aromatic carbocycles. The molecule has 0 nitrogen and oxygen atoms in total. The topological polar surface area (TPSA) is 0 Å². The lowest BCUT2D eigenvalue weighted by atomic mass is 9.71. The van der Waals surface area contributed by atoms with Gasteiger partial charge in [0, 0.05) is 9.89 Å². The molecule has 1 heteroatoms. The SMILES string of the molecule is CC(c1ccccc1)(c1ccccc1)c1ccc(Br)cc1. The van der Waals surface area contributed by atoms with E-state index in [4.69, 9.17) is 0 Å². The molecular formula is C20H17Br. The molecule has 0 saturated carbocycles. The van der Waals surface area contributed by atoms with E-state index >= 15 is 0 Å². The standard InChI is InChI=1S/C20H17Br/c1-20(16-8-4-2-5-9-16,17-10-6-3-7-11-17)18-12-14-19(21)15-13-18/h2-15H,1H3. The van der Waals surface area contributed by atoms with Crippen LogP contribution in [-0.4, -0.2) is 0 Å². The molecule has 0 radical (unpaired) electrons. The van der Waals surface area contributed by atoms with E-state index in [1.165, 1.54) is 16.7 Å². The van der Waals surface area contributed by atoms with Gasteiger partial charge in [-0.2, -0.15) is 0 Å². The van der Waals surface area contributed by atoms with Crippen LogP contribution in [0.15, 0.2) is 89.4 Å². The van der Waals surface area contributed by atoms with Crippen LogP contribution in [0.1, 0.15) is 23.6 Å². The Labute approximate surface area is 134 Å². The van der Waals surface area contributed by atoms with Crippen molar-refractivity contribution in [1.29, 1.82) is 0 Å². The maximum absolute atomic E-state index is 3.52. The number of hydrogen-bond acceptors (Lipinski definition) is 0. The number of hydrogen-bond donors (Lipinski definition) is 0. The molecular weight excluding hydrogens is 320 g/mol. The van der Waals surface area contributed by atoms with E-state index in [9.17, 15) is 0 Å². The fourth-order valence-corrected chi connectivity index (χ4v) is 3.09. The van der Waals surface area contributed by atoms with Crippen LogP contribution in [0.4, 0.5) is 0 Å². The highest BCUT2D eigenvalue weighted by atomic mass is 79.9. The summed E-state index contributed by atoms with van der Waals surface area (Å²) in [5.74, 6) is 0. The van der Waals surface area contributed by atoms with Crippen molar-refractivity contribution in [3.05, 3.63) is 106 Å². The van der Waals surface area contributed by atoms with Crippen LogP contribution in [0.25, 0.3) is 0 Å². The second-order valence-corrected chi connectivity index (χ2v) is 6.28. The fraction of sp³-hybridized carbons (Fsp3) is 0.100. The summed E-state index contributed by atoms with van der Waals surface area (Å²) >= 11 is 3.52. The van der Waals surface area contributed by atoms with Crippen molar-refractivity contribution in [2.75, 3.05) is 0 Å². The van der Waals surface area contributed by atoms with Crippen LogP contribution in [-0.2, 0) is 5.41 Å². The van der Waals surface area contributed by atoms with Gasteiger partial charge in [0.2, 0.25) is 0 Å². The summed E-state index contributed by atoms with van der Waals surface area (Å²) < 4.78 is 1.11. The van der Waals surface area contributed by atoms with Gasteiger partial charge in [0.05, 0.1) is 0 Å². The fourth-order valence-electron chi connectivity index (χ4n) is 2.83. The third-order valence-electron chi connectivity index (χ3n) is 4.12. The van der Waals surface area contributed by atoms with Gasteiger partial charge in [-0.05, 0) is 35.7 Å². The summed E-state index contributed by atoms with van der Waals surface area (Å²) in [6.07, 6.45) is 0. The van der Waals surface area contributed by atoms with E-state index < -0.39 is 0 Å². The number of rotatable bonds is 3. The lowest BCUT2D eigenvalue weighted by Crippen LogP contribution is -2.25. The van der Waals surface area contributed by atoms with E-state index in [0.717, 1.165) is 4.47 Å². The third-order valence-corrected chi connectivity index (χ3v) is 4.65. The van der Waals surface area contributed by atoms with Gasteiger partial charge in [-0.3, -0.25) is 0 Å². The Bertz CT molecular complexity index is 660. The summed E-state index contributed by atoms with van der Waals surface area (Å²) in [6, 6.07) is 30.0. The lowest BCUT2D eigenvalue weighted by Gasteiger charge is -2.32. The summed E-state index contributed by atoms with van der Waals surface area (Å²) in [6.45, 7) is 2.29. The monoisotopic (exact) mass is 336 g/mol. The summed E-state index contributed by atoms with van der Waals surface area (Å²) in [4.78, 5) is 0. The van der Waals surface area contributed by atoms with Gasteiger partial charge >= 0.3 is 0 Å². The average Bonchev–Trinajstić information content (AvgIpc) is 2.56. The zero-order chi connectivity index (χ0) is 14.7. The Kier molecular flexibility index (Phi) is 3.94. The molecule has 0 spiro atoms. The lowest BCUT2D eigenvalue weighted by molar-refractivity contribution is 0.692. The van der Waals surface area contributed by atoms with E-state index in [1.54, 1.807) is 0 Å². The maximum Gasteiger partial charge on any atom is 0.0423 e. The quantitative estimate of drug-likeness (QED) is 0.530. The molecule has 0 aromatic heterocycles. The van der Waals surface area contributed by atoms with Crippen LogP contribution in [0.5, 0.6) is 0 Å². The molecule has 3 rings (SSSR count).